The summed E-state index contributed by atoms with van der Waals surface area (Å²) in [5.74, 6) is 5.16. The molecule has 5 rings (SSSR count). The molecule has 0 radical (unpaired) electrons. The van der Waals surface area contributed by atoms with Gasteiger partial charge in [0.15, 0.2) is 0 Å². The minimum absolute atomic E-state index is 0.640. The van der Waals surface area contributed by atoms with Crippen molar-refractivity contribution in [1.29, 1.82) is 0 Å². The average Bonchev–Trinajstić information content (AvgIpc) is 2.67. The molecule has 0 unspecified atom stereocenters. The molecule has 0 aromatic heterocycles. The van der Waals surface area contributed by atoms with Crippen LogP contribution in [0.15, 0.2) is 93.9 Å². The van der Waals surface area contributed by atoms with E-state index in [-0.39, 0.29) is 0 Å². The lowest BCUT2D eigenvalue weighted by Crippen LogP contribution is -1.92. The van der Waals surface area contributed by atoms with Crippen molar-refractivity contribution in [3.63, 3.8) is 0 Å². The van der Waals surface area contributed by atoms with Gasteiger partial charge in [-0.15, -0.1) is 0 Å². The van der Waals surface area contributed by atoms with Crippen LogP contribution in [-0.2, 0) is 0 Å². The standard InChI is InChI=1S/C24H14Br2O4/c25-15-7-21-13-23(9-15)29-19-5-2-6-20(12-19)30-24-10-16(26)8-22(14-24)28-18-4-1-3-17(11-18)27-21/h1-14H. The van der Waals surface area contributed by atoms with Crippen LogP contribution in [0.2, 0.25) is 0 Å². The minimum atomic E-state index is 0.640. The summed E-state index contributed by atoms with van der Waals surface area (Å²) in [4.78, 5) is 0. The van der Waals surface area contributed by atoms with Gasteiger partial charge < -0.3 is 18.9 Å². The summed E-state index contributed by atoms with van der Waals surface area (Å²) in [6.45, 7) is 0. The van der Waals surface area contributed by atoms with Gasteiger partial charge in [-0.05, 0) is 48.5 Å². The van der Waals surface area contributed by atoms with Gasteiger partial charge in [0, 0.05) is 33.2 Å². The predicted molar refractivity (Wildman–Crippen MR) is 121 cm³/mol. The lowest BCUT2D eigenvalue weighted by Gasteiger charge is -2.14. The second-order valence-corrected chi connectivity index (χ2v) is 8.43. The Balaban J connectivity index is 1.63. The molecular formula is C24H14Br2O4. The third-order valence-corrected chi connectivity index (χ3v) is 5.16. The number of fused-ring (bicyclic) bond motifs is 8. The van der Waals surface area contributed by atoms with Gasteiger partial charge in [-0.3, -0.25) is 0 Å². The van der Waals surface area contributed by atoms with Crippen LogP contribution >= 0.6 is 31.9 Å². The van der Waals surface area contributed by atoms with E-state index < -0.39 is 0 Å². The van der Waals surface area contributed by atoms with Crippen LogP contribution in [-0.4, -0.2) is 0 Å². The number of benzene rings is 4. The number of ether oxygens (including phenoxy) is 4. The maximum atomic E-state index is 6.05. The Hall–Kier alpha value is -2.96. The topological polar surface area (TPSA) is 36.9 Å². The fourth-order valence-electron chi connectivity index (χ4n) is 3.06. The first-order valence-electron chi connectivity index (χ1n) is 9.12. The first kappa shape index (κ1) is 19.0. The third kappa shape index (κ3) is 4.45. The predicted octanol–water partition coefficient (Wildman–Crippen LogP) is 8.69. The van der Waals surface area contributed by atoms with Crippen molar-refractivity contribution in [3.8, 4) is 46.0 Å². The van der Waals surface area contributed by atoms with Crippen molar-refractivity contribution in [2.75, 3.05) is 0 Å². The zero-order valence-corrected chi connectivity index (χ0v) is 18.6. The third-order valence-electron chi connectivity index (χ3n) is 4.24. The average molecular weight is 526 g/mol. The van der Waals surface area contributed by atoms with Crippen LogP contribution in [0.3, 0.4) is 0 Å². The van der Waals surface area contributed by atoms with Crippen molar-refractivity contribution in [2.45, 2.75) is 0 Å². The van der Waals surface area contributed by atoms with Crippen molar-refractivity contribution in [3.05, 3.63) is 93.9 Å². The second kappa shape index (κ2) is 8.05. The Kier molecular flexibility index (Phi) is 5.11. The fourth-order valence-corrected chi connectivity index (χ4v) is 3.96. The maximum Gasteiger partial charge on any atom is 0.132 e. The van der Waals surface area contributed by atoms with Gasteiger partial charge in [-0.25, -0.2) is 0 Å². The molecule has 1 aliphatic rings. The Bertz CT molecular complexity index is 1060. The van der Waals surface area contributed by atoms with Crippen LogP contribution in [0, 0.1) is 0 Å². The maximum absolute atomic E-state index is 6.05. The Morgan fingerprint density at radius 2 is 0.633 bits per heavy atom. The molecule has 0 saturated carbocycles. The second-order valence-electron chi connectivity index (χ2n) is 6.60. The van der Waals surface area contributed by atoms with E-state index in [0.29, 0.717) is 46.0 Å². The first-order chi connectivity index (χ1) is 14.6. The highest BCUT2D eigenvalue weighted by molar-refractivity contribution is 9.10. The SMILES string of the molecule is Brc1cc2cc(c1)Oc1cccc(c1)Oc1cc(Br)cc(c1)Oc1cccc(c1)O2. The molecule has 1 aliphatic heterocycles. The molecule has 30 heavy (non-hydrogen) atoms. The molecule has 6 heteroatoms. The molecule has 1 heterocycles. The Labute approximate surface area is 190 Å². The van der Waals surface area contributed by atoms with Crippen molar-refractivity contribution in [2.24, 2.45) is 0 Å². The summed E-state index contributed by atoms with van der Waals surface area (Å²) in [7, 11) is 0. The van der Waals surface area contributed by atoms with E-state index in [2.05, 4.69) is 31.9 Å². The highest BCUT2D eigenvalue weighted by Gasteiger charge is 2.10. The van der Waals surface area contributed by atoms with Gasteiger partial charge >= 0.3 is 0 Å². The highest BCUT2D eigenvalue weighted by atomic mass is 79.9. The van der Waals surface area contributed by atoms with E-state index in [4.69, 9.17) is 18.9 Å². The summed E-state index contributed by atoms with van der Waals surface area (Å²) in [5.41, 5.74) is 0. The van der Waals surface area contributed by atoms with E-state index >= 15 is 0 Å². The van der Waals surface area contributed by atoms with E-state index in [1.165, 1.54) is 0 Å². The Morgan fingerprint density at radius 3 is 0.933 bits per heavy atom. The van der Waals surface area contributed by atoms with Gasteiger partial charge in [-0.2, -0.15) is 0 Å². The molecule has 148 valence electrons. The van der Waals surface area contributed by atoms with Crippen molar-refractivity contribution >= 4 is 31.9 Å². The molecule has 0 aliphatic carbocycles. The van der Waals surface area contributed by atoms with Gasteiger partial charge in [0.1, 0.15) is 46.0 Å². The van der Waals surface area contributed by atoms with Gasteiger partial charge in [0.25, 0.3) is 0 Å². The molecule has 0 saturated heterocycles. The lowest BCUT2D eigenvalue weighted by molar-refractivity contribution is 0.439. The van der Waals surface area contributed by atoms with Crippen molar-refractivity contribution < 1.29 is 18.9 Å². The minimum Gasteiger partial charge on any atom is -0.457 e. The number of halogens is 2. The van der Waals surface area contributed by atoms with Gasteiger partial charge in [-0.1, -0.05) is 44.0 Å². The largest absolute Gasteiger partial charge is 0.457 e. The Morgan fingerprint density at radius 1 is 0.367 bits per heavy atom. The molecular weight excluding hydrogens is 512 g/mol. The molecule has 4 aromatic rings. The summed E-state index contributed by atoms with van der Waals surface area (Å²) < 4.78 is 25.9. The van der Waals surface area contributed by atoms with Crippen LogP contribution in [0.1, 0.15) is 0 Å². The molecule has 4 nitrogen and oxygen atoms in total. The molecule has 0 N–H and O–H groups in total. The number of rotatable bonds is 0. The van der Waals surface area contributed by atoms with Crippen LogP contribution in [0.25, 0.3) is 0 Å². The van der Waals surface area contributed by atoms with Crippen molar-refractivity contribution in [1.82, 2.24) is 0 Å². The smallest absolute Gasteiger partial charge is 0.132 e. The summed E-state index contributed by atoms with van der Waals surface area (Å²) in [5, 5.41) is 0. The highest BCUT2D eigenvalue weighted by Crippen LogP contribution is 2.37. The molecule has 0 amide bonds. The quantitative estimate of drug-likeness (QED) is 0.202. The van der Waals surface area contributed by atoms with Gasteiger partial charge in [0.05, 0.1) is 0 Å². The lowest BCUT2D eigenvalue weighted by atomic mass is 10.2. The molecule has 0 spiro atoms. The van der Waals surface area contributed by atoms with Crippen LogP contribution in [0.4, 0.5) is 0 Å². The van der Waals surface area contributed by atoms with Crippen LogP contribution in [0.5, 0.6) is 46.0 Å². The van der Waals surface area contributed by atoms with E-state index in [0.717, 1.165) is 8.95 Å². The fraction of sp³-hybridized carbons (Fsp3) is 0. The van der Waals surface area contributed by atoms with Crippen LogP contribution < -0.4 is 18.9 Å². The number of hydrogen-bond donors (Lipinski definition) is 0. The molecule has 4 aromatic carbocycles. The number of hydrogen-bond acceptors (Lipinski definition) is 4. The molecule has 0 atom stereocenters. The molecule has 0 fully saturated rings. The van der Waals surface area contributed by atoms with E-state index in [1.807, 2.05) is 84.9 Å². The summed E-state index contributed by atoms with van der Waals surface area (Å²) >= 11 is 7.04. The summed E-state index contributed by atoms with van der Waals surface area (Å²) in [6.07, 6.45) is 0. The van der Waals surface area contributed by atoms with E-state index in [9.17, 15) is 0 Å². The summed E-state index contributed by atoms with van der Waals surface area (Å²) in [6, 6.07) is 26.1. The first-order valence-corrected chi connectivity index (χ1v) is 10.7. The normalized spacial score (nSPS) is 12.1. The van der Waals surface area contributed by atoms with E-state index in [1.54, 1.807) is 0 Å². The zero-order chi connectivity index (χ0) is 20.5. The monoisotopic (exact) mass is 524 g/mol. The van der Waals surface area contributed by atoms with Gasteiger partial charge in [0.2, 0.25) is 0 Å². The molecule has 8 bridgehead atoms. The zero-order valence-electron chi connectivity index (χ0n) is 15.5.